The Morgan fingerprint density at radius 2 is 1.53 bits per heavy atom. The fraction of sp³-hybridized carbons (Fsp3) is 0.500. The summed E-state index contributed by atoms with van der Waals surface area (Å²) in [7, 11) is 0. The lowest BCUT2D eigenvalue weighted by molar-refractivity contribution is 0.0713. The van der Waals surface area contributed by atoms with Crippen LogP contribution >= 0.6 is 0 Å². The van der Waals surface area contributed by atoms with Gasteiger partial charge in [-0.1, -0.05) is 24.6 Å². The van der Waals surface area contributed by atoms with Crippen molar-refractivity contribution in [3.63, 3.8) is 0 Å². The fourth-order valence-electron chi connectivity index (χ4n) is 5.36. The van der Waals surface area contributed by atoms with Crippen LogP contribution in [-0.2, 0) is 12.8 Å². The number of likely N-dealkylation sites (tertiary alicyclic amines) is 1. The number of fused-ring (bicyclic) bond motifs is 1. The van der Waals surface area contributed by atoms with Crippen LogP contribution in [0.3, 0.4) is 0 Å². The summed E-state index contributed by atoms with van der Waals surface area (Å²) in [4.78, 5) is 17.5. The zero-order valence-corrected chi connectivity index (χ0v) is 17.9. The minimum atomic E-state index is 0.131. The van der Waals surface area contributed by atoms with E-state index in [1.165, 1.54) is 50.8 Å². The maximum atomic E-state index is 12.8. The van der Waals surface area contributed by atoms with Crippen molar-refractivity contribution in [2.75, 3.05) is 31.9 Å². The molecule has 3 aliphatic rings. The van der Waals surface area contributed by atoms with Crippen LogP contribution in [0.5, 0.6) is 0 Å². The van der Waals surface area contributed by atoms with Crippen LogP contribution in [0.15, 0.2) is 42.5 Å². The Balaban J connectivity index is 1.21. The maximum Gasteiger partial charge on any atom is 0.253 e. The number of hydrogen-bond acceptors (Lipinski definition) is 3. The number of carbonyl (C=O) groups excluding carboxylic acids is 1. The Bertz CT molecular complexity index is 895. The third-order valence-electron chi connectivity index (χ3n) is 7.57. The highest BCUT2D eigenvalue weighted by molar-refractivity contribution is 5.94. The average molecular weight is 404 g/mol. The molecule has 0 unspecified atom stereocenters. The monoisotopic (exact) mass is 403 g/mol. The van der Waals surface area contributed by atoms with Gasteiger partial charge in [-0.25, -0.2) is 0 Å². The molecule has 1 amide bonds. The first-order valence-corrected chi connectivity index (χ1v) is 11.7. The molecule has 1 saturated carbocycles. The molecule has 2 heterocycles. The van der Waals surface area contributed by atoms with Gasteiger partial charge in [0, 0.05) is 43.5 Å². The molecule has 1 saturated heterocycles. The van der Waals surface area contributed by atoms with Crippen LogP contribution in [-0.4, -0.2) is 47.9 Å². The number of anilines is 1. The van der Waals surface area contributed by atoms with Crippen molar-refractivity contribution in [3.05, 3.63) is 64.7 Å². The quantitative estimate of drug-likeness (QED) is 0.780. The first-order valence-electron chi connectivity index (χ1n) is 11.7. The number of hydrogen-bond donors (Lipinski definition) is 1. The largest absolute Gasteiger partial charge is 0.399 e. The second-order valence-corrected chi connectivity index (χ2v) is 9.34. The van der Waals surface area contributed by atoms with Gasteiger partial charge in [-0.2, -0.15) is 0 Å². The standard InChI is InChI=1S/C26H33N3O/c27-24-8-6-21(7-9-24)26(30)29-16-11-20(12-17-29)22-5-4-19-10-14-28(25-2-1-3-25)15-13-23(19)18-22/h4-9,18,20,25H,1-3,10-17,27H2. The van der Waals surface area contributed by atoms with Gasteiger partial charge in [0.15, 0.2) is 0 Å². The molecule has 1 aliphatic carbocycles. The van der Waals surface area contributed by atoms with Gasteiger partial charge in [-0.3, -0.25) is 9.69 Å². The van der Waals surface area contributed by atoms with E-state index in [-0.39, 0.29) is 5.91 Å². The summed E-state index contributed by atoms with van der Waals surface area (Å²) in [5.41, 5.74) is 11.8. The van der Waals surface area contributed by atoms with Crippen LogP contribution < -0.4 is 5.73 Å². The molecule has 0 radical (unpaired) electrons. The summed E-state index contributed by atoms with van der Waals surface area (Å²) in [6.45, 7) is 4.11. The van der Waals surface area contributed by atoms with Crippen molar-refractivity contribution < 1.29 is 4.79 Å². The molecular formula is C26H33N3O. The highest BCUT2D eigenvalue weighted by Crippen LogP contribution is 2.32. The Labute approximate surface area is 180 Å². The van der Waals surface area contributed by atoms with Crippen molar-refractivity contribution >= 4 is 11.6 Å². The predicted octanol–water partition coefficient (Wildman–Crippen LogP) is 4.24. The zero-order chi connectivity index (χ0) is 20.5. The Kier molecular flexibility index (Phi) is 5.51. The van der Waals surface area contributed by atoms with E-state index in [0.29, 0.717) is 11.6 Å². The average Bonchev–Trinajstić information content (AvgIpc) is 2.95. The normalized spacial score (nSPS) is 21.0. The molecule has 2 N–H and O–H groups in total. The number of benzene rings is 2. The topological polar surface area (TPSA) is 49.6 Å². The van der Waals surface area contributed by atoms with Crippen LogP contribution in [0.1, 0.15) is 65.1 Å². The smallest absolute Gasteiger partial charge is 0.253 e. The van der Waals surface area contributed by atoms with Crippen LogP contribution in [0.2, 0.25) is 0 Å². The summed E-state index contributed by atoms with van der Waals surface area (Å²) in [5.74, 6) is 0.697. The van der Waals surface area contributed by atoms with Crippen LogP contribution in [0.4, 0.5) is 5.69 Å². The summed E-state index contributed by atoms with van der Waals surface area (Å²) >= 11 is 0. The molecule has 158 valence electrons. The minimum Gasteiger partial charge on any atom is -0.399 e. The molecule has 0 spiro atoms. The van der Waals surface area contributed by atoms with Gasteiger partial charge < -0.3 is 10.6 Å². The molecular weight excluding hydrogens is 370 g/mol. The number of carbonyl (C=O) groups is 1. The summed E-state index contributed by atoms with van der Waals surface area (Å²) < 4.78 is 0. The lowest BCUT2D eigenvalue weighted by Gasteiger charge is -2.36. The highest BCUT2D eigenvalue weighted by Gasteiger charge is 2.28. The molecule has 2 fully saturated rings. The van der Waals surface area contributed by atoms with Gasteiger partial charge in [0.25, 0.3) is 5.91 Å². The summed E-state index contributed by atoms with van der Waals surface area (Å²) in [6, 6.07) is 15.4. The molecule has 2 aromatic rings. The van der Waals surface area contributed by atoms with Gasteiger partial charge in [0.05, 0.1) is 0 Å². The van der Waals surface area contributed by atoms with Crippen molar-refractivity contribution in [3.8, 4) is 0 Å². The predicted molar refractivity (Wildman–Crippen MR) is 122 cm³/mol. The fourth-order valence-corrected chi connectivity index (χ4v) is 5.36. The molecule has 30 heavy (non-hydrogen) atoms. The van der Waals surface area contributed by atoms with Gasteiger partial charge >= 0.3 is 0 Å². The number of piperidine rings is 1. The number of nitrogen functional groups attached to an aromatic ring is 1. The van der Waals surface area contributed by atoms with Gasteiger partial charge in [0.2, 0.25) is 0 Å². The lowest BCUT2D eigenvalue weighted by atomic mass is 9.86. The second-order valence-electron chi connectivity index (χ2n) is 9.34. The van der Waals surface area contributed by atoms with Crippen molar-refractivity contribution in [1.29, 1.82) is 0 Å². The molecule has 2 aromatic carbocycles. The van der Waals surface area contributed by atoms with Gasteiger partial charge in [-0.15, -0.1) is 0 Å². The van der Waals surface area contributed by atoms with E-state index < -0.39 is 0 Å². The van der Waals surface area contributed by atoms with E-state index in [9.17, 15) is 4.79 Å². The van der Waals surface area contributed by atoms with Crippen molar-refractivity contribution in [2.45, 2.75) is 56.9 Å². The minimum absolute atomic E-state index is 0.131. The number of amides is 1. The molecule has 4 nitrogen and oxygen atoms in total. The number of nitrogens with two attached hydrogens (primary N) is 1. The lowest BCUT2D eigenvalue weighted by Crippen LogP contribution is -2.41. The molecule has 0 atom stereocenters. The summed E-state index contributed by atoms with van der Waals surface area (Å²) in [6.07, 6.45) is 8.69. The number of nitrogens with zero attached hydrogens (tertiary/aromatic N) is 2. The molecule has 0 bridgehead atoms. The van der Waals surface area contributed by atoms with E-state index >= 15 is 0 Å². The van der Waals surface area contributed by atoms with E-state index in [2.05, 4.69) is 23.1 Å². The van der Waals surface area contributed by atoms with Crippen molar-refractivity contribution in [2.24, 2.45) is 0 Å². The Morgan fingerprint density at radius 1 is 0.833 bits per heavy atom. The highest BCUT2D eigenvalue weighted by atomic mass is 16.2. The molecule has 2 aliphatic heterocycles. The summed E-state index contributed by atoms with van der Waals surface area (Å²) in [5, 5.41) is 0. The Hall–Kier alpha value is -2.33. The van der Waals surface area contributed by atoms with Crippen molar-refractivity contribution in [1.82, 2.24) is 9.80 Å². The molecule has 0 aromatic heterocycles. The van der Waals surface area contributed by atoms with E-state index in [0.717, 1.165) is 37.5 Å². The van der Waals surface area contributed by atoms with E-state index in [1.807, 2.05) is 29.2 Å². The van der Waals surface area contributed by atoms with Gasteiger partial charge in [-0.05, 0) is 85.4 Å². The Morgan fingerprint density at radius 3 is 2.20 bits per heavy atom. The first kappa shape index (κ1) is 19.6. The van der Waals surface area contributed by atoms with Gasteiger partial charge in [0.1, 0.15) is 0 Å². The third kappa shape index (κ3) is 3.98. The molecule has 5 rings (SSSR count). The maximum absolute atomic E-state index is 12.8. The van der Waals surface area contributed by atoms with Crippen LogP contribution in [0, 0.1) is 0 Å². The molecule has 4 heteroatoms. The first-order chi connectivity index (χ1) is 14.7. The van der Waals surface area contributed by atoms with E-state index in [1.54, 1.807) is 11.1 Å². The second kappa shape index (κ2) is 8.43. The third-order valence-corrected chi connectivity index (χ3v) is 7.57. The zero-order valence-electron chi connectivity index (χ0n) is 17.9. The SMILES string of the molecule is Nc1ccc(C(=O)N2CCC(c3ccc4c(c3)CCN(C3CCC3)CC4)CC2)cc1. The van der Waals surface area contributed by atoms with Crippen LogP contribution in [0.25, 0.3) is 0 Å². The van der Waals surface area contributed by atoms with E-state index in [4.69, 9.17) is 5.73 Å². The number of rotatable bonds is 3.